The molecule has 0 aliphatic heterocycles. The summed E-state index contributed by atoms with van der Waals surface area (Å²) in [4.78, 5) is 9.34. The van der Waals surface area contributed by atoms with Crippen LogP contribution in [-0.2, 0) is 0 Å². The van der Waals surface area contributed by atoms with Gasteiger partial charge in [0.1, 0.15) is 0 Å². The lowest BCUT2D eigenvalue weighted by atomic mass is 9.99. The number of fused-ring (bicyclic) bond motifs is 4. The molecule has 2 heteroatoms. The van der Waals surface area contributed by atoms with Crippen LogP contribution in [0.4, 0.5) is 0 Å². The van der Waals surface area contributed by atoms with E-state index in [1.54, 1.807) is 0 Å². The molecule has 0 fully saturated rings. The summed E-state index contributed by atoms with van der Waals surface area (Å²) in [7, 11) is 0. The molecule has 0 aliphatic carbocycles. The van der Waals surface area contributed by atoms with Gasteiger partial charge < -0.3 is 0 Å². The molecule has 0 amide bonds. The Hall–Kier alpha value is -3.26. The van der Waals surface area contributed by atoms with E-state index in [0.717, 1.165) is 27.7 Å². The van der Waals surface area contributed by atoms with E-state index in [4.69, 9.17) is 4.98 Å². The third-order valence-corrected chi connectivity index (χ3v) is 4.79. The maximum Gasteiger partial charge on any atom is 0.0718 e. The van der Waals surface area contributed by atoms with Crippen LogP contribution in [0.25, 0.3) is 43.8 Å². The Morgan fingerprint density at radius 2 is 1.56 bits per heavy atom. The molecule has 2 nitrogen and oxygen atoms in total. The molecule has 118 valence electrons. The molecule has 5 aromatic rings. The maximum absolute atomic E-state index is 4.94. The highest BCUT2D eigenvalue weighted by molar-refractivity contribution is 6.08. The first kappa shape index (κ1) is 14.1. The highest BCUT2D eigenvalue weighted by atomic mass is 14.7. The second kappa shape index (κ2) is 5.38. The number of hydrogen-bond donors (Lipinski definition) is 0. The molecule has 0 saturated heterocycles. The number of pyridine rings is 2. The molecule has 0 aliphatic rings. The molecule has 0 spiro atoms. The van der Waals surface area contributed by atoms with Gasteiger partial charge >= 0.3 is 0 Å². The molecule has 25 heavy (non-hydrogen) atoms. The molecule has 0 radical (unpaired) electrons. The Balaban J connectivity index is 1.77. The van der Waals surface area contributed by atoms with Crippen LogP contribution in [0, 0.1) is 6.92 Å². The summed E-state index contributed by atoms with van der Waals surface area (Å²) in [6.07, 6.45) is 1.82. The van der Waals surface area contributed by atoms with Gasteiger partial charge in [-0.1, -0.05) is 42.5 Å². The average Bonchev–Trinajstić information content (AvgIpc) is 2.67. The molecular formula is C23H16N2. The van der Waals surface area contributed by atoms with Gasteiger partial charge in [0.25, 0.3) is 0 Å². The van der Waals surface area contributed by atoms with Gasteiger partial charge in [-0.3, -0.25) is 4.98 Å². The fourth-order valence-corrected chi connectivity index (χ4v) is 3.59. The van der Waals surface area contributed by atoms with Crippen molar-refractivity contribution in [3.63, 3.8) is 0 Å². The number of aryl methyl sites for hydroxylation is 1. The lowest BCUT2D eigenvalue weighted by Gasteiger charge is -2.10. The second-order valence-corrected chi connectivity index (χ2v) is 6.42. The van der Waals surface area contributed by atoms with Crippen molar-refractivity contribution in [2.24, 2.45) is 0 Å². The van der Waals surface area contributed by atoms with Crippen molar-refractivity contribution in [2.75, 3.05) is 0 Å². The molecule has 0 bridgehead atoms. The fourth-order valence-electron chi connectivity index (χ4n) is 3.59. The molecule has 0 N–H and O–H groups in total. The highest BCUT2D eigenvalue weighted by Gasteiger charge is 2.09. The predicted molar refractivity (Wildman–Crippen MR) is 105 cm³/mol. The van der Waals surface area contributed by atoms with Gasteiger partial charge in [-0.05, 0) is 53.6 Å². The van der Waals surface area contributed by atoms with Crippen molar-refractivity contribution in [2.45, 2.75) is 6.92 Å². The molecule has 0 saturated carbocycles. The smallest absolute Gasteiger partial charge is 0.0718 e. The lowest BCUT2D eigenvalue weighted by molar-refractivity contribution is 1.36. The summed E-state index contributed by atoms with van der Waals surface area (Å²) < 4.78 is 0. The Labute approximate surface area is 145 Å². The Morgan fingerprint density at radius 3 is 2.52 bits per heavy atom. The molecule has 3 aromatic carbocycles. The van der Waals surface area contributed by atoms with E-state index in [2.05, 4.69) is 78.6 Å². The molecule has 0 atom stereocenters. The lowest BCUT2D eigenvalue weighted by Crippen LogP contribution is -1.90. The molecule has 2 heterocycles. The summed E-state index contributed by atoms with van der Waals surface area (Å²) in [5, 5.41) is 4.89. The van der Waals surface area contributed by atoms with E-state index in [-0.39, 0.29) is 0 Å². The fraction of sp³-hybridized carbons (Fsp3) is 0.0435. The van der Waals surface area contributed by atoms with Gasteiger partial charge in [-0.25, -0.2) is 4.98 Å². The molecule has 5 rings (SSSR count). The van der Waals surface area contributed by atoms with Gasteiger partial charge in [0, 0.05) is 22.5 Å². The Bertz CT molecular complexity index is 1260. The minimum absolute atomic E-state index is 1.01. The topological polar surface area (TPSA) is 25.8 Å². The molecule has 0 unspecified atom stereocenters. The SMILES string of the molecule is Cc1cc(-c2ccc3ncccc3c2)nc2ccc3ccccc3c12. The predicted octanol–water partition coefficient (Wildman–Crippen LogP) is 5.91. The number of hydrogen-bond acceptors (Lipinski definition) is 2. The van der Waals surface area contributed by atoms with Crippen LogP contribution in [-0.4, -0.2) is 9.97 Å². The van der Waals surface area contributed by atoms with Gasteiger partial charge in [0.05, 0.1) is 16.7 Å². The zero-order valence-electron chi connectivity index (χ0n) is 13.9. The summed E-state index contributed by atoms with van der Waals surface area (Å²) in [6, 6.07) is 25.3. The van der Waals surface area contributed by atoms with Crippen LogP contribution in [0.5, 0.6) is 0 Å². The van der Waals surface area contributed by atoms with Crippen LogP contribution in [0.15, 0.2) is 79.0 Å². The van der Waals surface area contributed by atoms with Gasteiger partial charge in [0.2, 0.25) is 0 Å². The minimum Gasteiger partial charge on any atom is -0.256 e. The van der Waals surface area contributed by atoms with E-state index >= 15 is 0 Å². The Kier molecular flexibility index (Phi) is 3.04. The van der Waals surface area contributed by atoms with Gasteiger partial charge in [-0.15, -0.1) is 0 Å². The van der Waals surface area contributed by atoms with Crippen LogP contribution in [0.2, 0.25) is 0 Å². The zero-order chi connectivity index (χ0) is 16.8. The third kappa shape index (κ3) is 2.26. The second-order valence-electron chi connectivity index (χ2n) is 6.42. The first-order chi connectivity index (χ1) is 12.3. The van der Waals surface area contributed by atoms with Crippen molar-refractivity contribution in [3.8, 4) is 11.3 Å². The van der Waals surface area contributed by atoms with Gasteiger partial charge in [0.15, 0.2) is 0 Å². The Morgan fingerprint density at radius 1 is 0.720 bits per heavy atom. The first-order valence-corrected chi connectivity index (χ1v) is 8.44. The van der Waals surface area contributed by atoms with Crippen molar-refractivity contribution in [1.29, 1.82) is 0 Å². The largest absolute Gasteiger partial charge is 0.256 e. The number of nitrogens with zero attached hydrogens (tertiary/aromatic N) is 2. The third-order valence-electron chi connectivity index (χ3n) is 4.79. The van der Waals surface area contributed by atoms with Crippen LogP contribution in [0.1, 0.15) is 5.56 Å². The molecular weight excluding hydrogens is 304 g/mol. The van der Waals surface area contributed by atoms with Crippen molar-refractivity contribution in [1.82, 2.24) is 9.97 Å². The van der Waals surface area contributed by atoms with E-state index in [1.807, 2.05) is 12.3 Å². The van der Waals surface area contributed by atoms with E-state index < -0.39 is 0 Å². The van der Waals surface area contributed by atoms with Crippen molar-refractivity contribution < 1.29 is 0 Å². The van der Waals surface area contributed by atoms with Crippen molar-refractivity contribution in [3.05, 3.63) is 84.6 Å². The monoisotopic (exact) mass is 320 g/mol. The standard InChI is InChI=1S/C23H16N2/c1-15-13-22(18-9-10-20-17(14-18)6-4-12-24-20)25-21-11-8-16-5-2-3-7-19(16)23(15)21/h2-14H,1H3. The van der Waals surface area contributed by atoms with Crippen LogP contribution < -0.4 is 0 Å². The summed E-state index contributed by atoms with van der Waals surface area (Å²) >= 11 is 0. The number of aromatic nitrogens is 2. The van der Waals surface area contributed by atoms with Gasteiger partial charge in [-0.2, -0.15) is 0 Å². The quantitative estimate of drug-likeness (QED) is 0.359. The van der Waals surface area contributed by atoms with Crippen molar-refractivity contribution >= 4 is 32.6 Å². The highest BCUT2D eigenvalue weighted by Crippen LogP contribution is 2.31. The normalized spacial score (nSPS) is 11.4. The first-order valence-electron chi connectivity index (χ1n) is 8.44. The van der Waals surface area contributed by atoms with Crippen LogP contribution in [0.3, 0.4) is 0 Å². The maximum atomic E-state index is 4.94. The average molecular weight is 320 g/mol. The van der Waals surface area contributed by atoms with Crippen LogP contribution >= 0.6 is 0 Å². The summed E-state index contributed by atoms with van der Waals surface area (Å²) in [6.45, 7) is 2.17. The van der Waals surface area contributed by atoms with E-state index in [9.17, 15) is 0 Å². The van der Waals surface area contributed by atoms with E-state index in [0.29, 0.717) is 0 Å². The minimum atomic E-state index is 1.01. The zero-order valence-corrected chi connectivity index (χ0v) is 13.9. The summed E-state index contributed by atoms with van der Waals surface area (Å²) in [5.41, 5.74) is 5.43. The number of rotatable bonds is 1. The molecule has 2 aromatic heterocycles. The van der Waals surface area contributed by atoms with E-state index in [1.165, 1.54) is 21.7 Å². The summed E-state index contributed by atoms with van der Waals surface area (Å²) in [5.74, 6) is 0. The number of benzene rings is 3.